The third-order valence-corrected chi connectivity index (χ3v) is 4.07. The van der Waals surface area contributed by atoms with Gasteiger partial charge in [-0.2, -0.15) is 0 Å². The molecule has 6 heteroatoms. The van der Waals surface area contributed by atoms with Gasteiger partial charge in [0.05, 0.1) is 6.54 Å². The summed E-state index contributed by atoms with van der Waals surface area (Å²) in [6.07, 6.45) is 4.87. The number of nitrogens with zero attached hydrogens (tertiary/aromatic N) is 1. The normalized spacial score (nSPS) is 14.7. The van der Waals surface area contributed by atoms with E-state index in [-0.39, 0.29) is 36.5 Å². The van der Waals surface area contributed by atoms with Crippen LogP contribution in [0.4, 0.5) is 8.78 Å². The smallest absolute Gasteiger partial charge is 0.223 e. The van der Waals surface area contributed by atoms with Crippen molar-refractivity contribution in [2.45, 2.75) is 51.1 Å². The molecule has 0 atom stereocenters. The van der Waals surface area contributed by atoms with Crippen LogP contribution in [0.3, 0.4) is 0 Å². The summed E-state index contributed by atoms with van der Waals surface area (Å²) in [5, 5.41) is 0. The molecule has 0 saturated heterocycles. The largest absolute Gasteiger partial charge is 0.335 e. The van der Waals surface area contributed by atoms with Gasteiger partial charge in [0.15, 0.2) is 0 Å². The van der Waals surface area contributed by atoms with Crippen molar-refractivity contribution in [1.82, 2.24) is 4.90 Å². The van der Waals surface area contributed by atoms with E-state index in [9.17, 15) is 13.6 Å². The Balaban J connectivity index is 0.00000242. The molecule has 124 valence electrons. The summed E-state index contributed by atoms with van der Waals surface area (Å²) >= 11 is 0. The van der Waals surface area contributed by atoms with Crippen LogP contribution in [0.5, 0.6) is 0 Å². The molecule has 3 nitrogen and oxygen atoms in total. The Hall–Kier alpha value is -1.20. The molecule has 22 heavy (non-hydrogen) atoms. The predicted octanol–water partition coefficient (Wildman–Crippen LogP) is 3.40. The maximum atomic E-state index is 13.8. The van der Waals surface area contributed by atoms with Crippen molar-refractivity contribution in [3.8, 4) is 0 Å². The summed E-state index contributed by atoms with van der Waals surface area (Å²) in [6, 6.07) is 3.89. The molecule has 1 aromatic rings. The first kappa shape index (κ1) is 18.8. The third-order valence-electron chi connectivity index (χ3n) is 4.07. The van der Waals surface area contributed by atoms with Gasteiger partial charge in [-0.25, -0.2) is 8.78 Å². The molecule has 0 aliphatic heterocycles. The van der Waals surface area contributed by atoms with E-state index in [4.69, 9.17) is 5.73 Å². The number of rotatable bonds is 6. The van der Waals surface area contributed by atoms with Crippen LogP contribution in [0, 0.1) is 11.6 Å². The van der Waals surface area contributed by atoms with E-state index in [1.807, 2.05) is 0 Å². The second-order valence-electron chi connectivity index (χ2n) is 5.55. The van der Waals surface area contributed by atoms with Crippen molar-refractivity contribution in [3.05, 3.63) is 35.4 Å². The minimum atomic E-state index is -0.593. The van der Waals surface area contributed by atoms with Gasteiger partial charge in [0.2, 0.25) is 5.91 Å². The number of amides is 1. The SMILES string of the molecule is Cl.NCCCC(=O)N(Cc1c(F)cccc1F)C1CCCC1. The molecule has 0 heterocycles. The molecule has 0 radical (unpaired) electrons. The fourth-order valence-corrected chi connectivity index (χ4v) is 2.89. The molecule has 1 aliphatic carbocycles. The highest BCUT2D eigenvalue weighted by Crippen LogP contribution is 2.27. The van der Waals surface area contributed by atoms with E-state index < -0.39 is 11.6 Å². The second kappa shape index (κ2) is 9.06. The Bertz CT molecular complexity index is 473. The Morgan fingerprint density at radius 1 is 1.23 bits per heavy atom. The number of nitrogens with two attached hydrogens (primary N) is 1. The van der Waals surface area contributed by atoms with E-state index in [0.29, 0.717) is 19.4 Å². The van der Waals surface area contributed by atoms with Crippen LogP contribution in [-0.2, 0) is 11.3 Å². The number of benzene rings is 1. The van der Waals surface area contributed by atoms with E-state index in [1.165, 1.54) is 18.2 Å². The van der Waals surface area contributed by atoms with Crippen molar-refractivity contribution in [2.24, 2.45) is 5.73 Å². The lowest BCUT2D eigenvalue weighted by atomic mass is 10.1. The van der Waals surface area contributed by atoms with Crippen LogP contribution in [-0.4, -0.2) is 23.4 Å². The van der Waals surface area contributed by atoms with E-state index >= 15 is 0 Å². The molecular formula is C16H23ClF2N2O. The first-order chi connectivity index (χ1) is 10.1. The number of hydrogen-bond acceptors (Lipinski definition) is 2. The van der Waals surface area contributed by atoms with Crippen molar-refractivity contribution >= 4 is 18.3 Å². The van der Waals surface area contributed by atoms with Crippen LogP contribution >= 0.6 is 12.4 Å². The van der Waals surface area contributed by atoms with E-state index in [0.717, 1.165) is 25.7 Å². The lowest BCUT2D eigenvalue weighted by Gasteiger charge is -2.29. The third kappa shape index (κ3) is 4.65. The molecule has 0 aromatic heterocycles. The zero-order valence-electron chi connectivity index (χ0n) is 12.6. The minimum absolute atomic E-state index is 0. The highest BCUT2D eigenvalue weighted by atomic mass is 35.5. The lowest BCUT2D eigenvalue weighted by molar-refractivity contribution is -0.134. The Morgan fingerprint density at radius 3 is 2.36 bits per heavy atom. The summed E-state index contributed by atoms with van der Waals surface area (Å²) in [5.74, 6) is -1.25. The van der Waals surface area contributed by atoms with Crippen LogP contribution in [0.2, 0.25) is 0 Å². The van der Waals surface area contributed by atoms with Gasteiger partial charge in [0.1, 0.15) is 11.6 Å². The topological polar surface area (TPSA) is 46.3 Å². The fourth-order valence-electron chi connectivity index (χ4n) is 2.89. The quantitative estimate of drug-likeness (QED) is 0.868. The molecule has 1 amide bonds. The van der Waals surface area contributed by atoms with Gasteiger partial charge < -0.3 is 10.6 Å². The number of carbonyl (C=O) groups is 1. The highest BCUT2D eigenvalue weighted by molar-refractivity contribution is 5.85. The fraction of sp³-hybridized carbons (Fsp3) is 0.562. The molecule has 1 aliphatic rings. The van der Waals surface area contributed by atoms with Crippen molar-refractivity contribution in [2.75, 3.05) is 6.54 Å². The average molecular weight is 333 g/mol. The van der Waals surface area contributed by atoms with Crippen LogP contribution in [0.1, 0.15) is 44.1 Å². The summed E-state index contributed by atoms with van der Waals surface area (Å²) < 4.78 is 27.6. The maximum absolute atomic E-state index is 13.8. The molecule has 0 unspecified atom stereocenters. The van der Waals surface area contributed by atoms with Gasteiger partial charge in [-0.1, -0.05) is 18.9 Å². The molecule has 1 saturated carbocycles. The van der Waals surface area contributed by atoms with E-state index in [2.05, 4.69) is 0 Å². The summed E-state index contributed by atoms with van der Waals surface area (Å²) in [6.45, 7) is 0.449. The Morgan fingerprint density at radius 2 is 1.82 bits per heavy atom. The van der Waals surface area contributed by atoms with Crippen molar-refractivity contribution < 1.29 is 13.6 Å². The van der Waals surface area contributed by atoms with E-state index in [1.54, 1.807) is 4.90 Å². The zero-order valence-corrected chi connectivity index (χ0v) is 13.4. The monoisotopic (exact) mass is 332 g/mol. The average Bonchev–Trinajstić information content (AvgIpc) is 2.98. The number of hydrogen-bond donors (Lipinski definition) is 1. The highest BCUT2D eigenvalue weighted by Gasteiger charge is 2.27. The standard InChI is InChI=1S/C16H22F2N2O.ClH/c17-14-7-3-8-15(18)13(14)11-20(12-5-1-2-6-12)16(21)9-4-10-19;/h3,7-8,12H,1-2,4-6,9-11,19H2;1H. The molecule has 2 rings (SSSR count). The van der Waals surface area contributed by atoms with Gasteiger partial charge >= 0.3 is 0 Å². The first-order valence-corrected chi connectivity index (χ1v) is 7.56. The molecule has 1 fully saturated rings. The Labute approximate surface area is 136 Å². The van der Waals surface area contributed by atoms with Gasteiger partial charge in [-0.05, 0) is 37.9 Å². The predicted molar refractivity (Wildman–Crippen MR) is 84.7 cm³/mol. The second-order valence-corrected chi connectivity index (χ2v) is 5.55. The van der Waals surface area contributed by atoms with Gasteiger partial charge in [0.25, 0.3) is 0 Å². The minimum Gasteiger partial charge on any atom is -0.335 e. The van der Waals surface area contributed by atoms with Crippen molar-refractivity contribution in [3.63, 3.8) is 0 Å². The maximum Gasteiger partial charge on any atom is 0.223 e. The summed E-state index contributed by atoms with van der Waals surface area (Å²) in [7, 11) is 0. The molecule has 0 spiro atoms. The first-order valence-electron chi connectivity index (χ1n) is 7.56. The van der Waals surface area contributed by atoms with Crippen LogP contribution in [0.25, 0.3) is 0 Å². The molecular weight excluding hydrogens is 310 g/mol. The van der Waals surface area contributed by atoms with Gasteiger partial charge in [0, 0.05) is 18.0 Å². The number of halogens is 3. The van der Waals surface area contributed by atoms with Crippen LogP contribution < -0.4 is 5.73 Å². The van der Waals surface area contributed by atoms with Crippen molar-refractivity contribution in [1.29, 1.82) is 0 Å². The Kier molecular flexibility index (Phi) is 7.76. The number of carbonyl (C=O) groups excluding carboxylic acids is 1. The molecule has 1 aromatic carbocycles. The molecule has 0 bridgehead atoms. The van der Waals surface area contributed by atoms with Gasteiger partial charge in [-0.15, -0.1) is 12.4 Å². The summed E-state index contributed by atoms with van der Waals surface area (Å²) in [4.78, 5) is 14.0. The molecule has 2 N–H and O–H groups in total. The van der Waals surface area contributed by atoms with Gasteiger partial charge in [-0.3, -0.25) is 4.79 Å². The summed E-state index contributed by atoms with van der Waals surface area (Å²) in [5.41, 5.74) is 5.42. The van der Waals surface area contributed by atoms with Crippen LogP contribution in [0.15, 0.2) is 18.2 Å². The zero-order chi connectivity index (χ0) is 15.2. The lowest BCUT2D eigenvalue weighted by Crippen LogP contribution is -2.38.